The van der Waals surface area contributed by atoms with E-state index in [1.54, 1.807) is 24.5 Å². The average Bonchev–Trinajstić information content (AvgIpc) is 3.34. The molecule has 10 heteroatoms. The van der Waals surface area contributed by atoms with Gasteiger partial charge in [0.25, 0.3) is 5.91 Å². The third-order valence-electron chi connectivity index (χ3n) is 9.74. The molecule has 2 fully saturated rings. The molecule has 1 atom stereocenters. The summed E-state index contributed by atoms with van der Waals surface area (Å²) in [4.78, 5) is 29.6. The molecule has 9 nitrogen and oxygen atoms in total. The standard InChI is InChI=1S/C34H40FN7O2/c1-22-4-3-15-44-31-5-10-37-20-25(31)27-17-24(16-23(2)38-27)32(43)40-33-39-28-18-26(35)29(19-30(28)42(33)21-22)41-13-8-34(9-14-41)6-11-36-12-7-34/h5,10,16-20,22,36H,3-4,6-9,11-15,21H2,1-2H3,(H,39,40,43)/t22-/m1/s1. The Kier molecular flexibility index (Phi) is 7.70. The van der Waals surface area contributed by atoms with E-state index in [0.29, 0.717) is 58.4 Å². The van der Waals surface area contributed by atoms with Crippen LogP contribution in [-0.2, 0) is 6.54 Å². The Morgan fingerprint density at radius 1 is 1.07 bits per heavy atom. The summed E-state index contributed by atoms with van der Waals surface area (Å²) in [6, 6.07) is 8.82. The van der Waals surface area contributed by atoms with Crippen molar-refractivity contribution in [3.63, 3.8) is 0 Å². The number of nitrogens with one attached hydrogen (secondary N) is 2. The number of carbonyl (C=O) groups excluding carboxylic acids is 1. The lowest BCUT2D eigenvalue weighted by Crippen LogP contribution is -2.45. The average molecular weight is 598 g/mol. The van der Waals surface area contributed by atoms with Gasteiger partial charge in [-0.05, 0) is 94.1 Å². The highest BCUT2D eigenvalue weighted by Crippen LogP contribution is 2.41. The molecule has 4 aromatic rings. The van der Waals surface area contributed by atoms with Crippen molar-refractivity contribution in [2.24, 2.45) is 11.3 Å². The molecule has 0 saturated carbocycles. The van der Waals surface area contributed by atoms with Crippen molar-refractivity contribution in [3.05, 3.63) is 59.8 Å². The van der Waals surface area contributed by atoms with Crippen LogP contribution in [0.3, 0.4) is 0 Å². The van der Waals surface area contributed by atoms with E-state index in [4.69, 9.17) is 9.72 Å². The summed E-state index contributed by atoms with van der Waals surface area (Å²) in [5, 5.41) is 6.53. The molecule has 0 aliphatic carbocycles. The SMILES string of the molecule is Cc1cc2cc(n1)-c1cnccc1OCCC[C@@H](C)Cn1c(nc3cc(F)c(N4CCC5(CCNCC5)CC4)cc31)NC2=O. The first-order valence-corrected chi connectivity index (χ1v) is 15.9. The Hall–Kier alpha value is -4.05. The number of aryl methyl sites for hydroxylation is 1. The summed E-state index contributed by atoms with van der Waals surface area (Å²) < 4.78 is 23.9. The number of aromatic nitrogens is 4. The molecule has 230 valence electrons. The zero-order valence-corrected chi connectivity index (χ0v) is 25.5. The molecular weight excluding hydrogens is 557 g/mol. The molecule has 3 aromatic heterocycles. The Balaban J connectivity index is 1.24. The van der Waals surface area contributed by atoms with Crippen molar-refractivity contribution in [1.82, 2.24) is 24.8 Å². The highest BCUT2D eigenvalue weighted by molar-refractivity contribution is 6.05. The fourth-order valence-electron chi connectivity index (χ4n) is 7.16. The normalized spacial score (nSPS) is 20.7. The molecule has 6 heterocycles. The first kappa shape index (κ1) is 28.7. The van der Waals surface area contributed by atoms with Crippen molar-refractivity contribution in [2.75, 3.05) is 43.0 Å². The van der Waals surface area contributed by atoms with E-state index in [0.717, 1.165) is 62.9 Å². The number of pyridine rings is 2. The van der Waals surface area contributed by atoms with Gasteiger partial charge in [-0.15, -0.1) is 0 Å². The van der Waals surface area contributed by atoms with Crippen molar-refractivity contribution in [1.29, 1.82) is 0 Å². The van der Waals surface area contributed by atoms with E-state index < -0.39 is 0 Å². The number of ether oxygens (including phenoxy) is 1. The van der Waals surface area contributed by atoms with Gasteiger partial charge in [-0.2, -0.15) is 0 Å². The van der Waals surface area contributed by atoms with Crippen LogP contribution in [0.25, 0.3) is 22.3 Å². The molecule has 44 heavy (non-hydrogen) atoms. The van der Waals surface area contributed by atoms with Crippen molar-refractivity contribution in [2.45, 2.75) is 58.9 Å². The van der Waals surface area contributed by atoms with Crippen molar-refractivity contribution < 1.29 is 13.9 Å². The number of anilines is 2. The quantitative estimate of drug-likeness (QED) is 0.279. The second kappa shape index (κ2) is 11.8. The molecule has 7 rings (SSSR count). The molecule has 3 aliphatic heterocycles. The van der Waals surface area contributed by atoms with E-state index in [1.807, 2.05) is 23.6 Å². The summed E-state index contributed by atoms with van der Waals surface area (Å²) in [7, 11) is 0. The summed E-state index contributed by atoms with van der Waals surface area (Å²) in [5.74, 6) is 0.817. The van der Waals surface area contributed by atoms with Gasteiger partial charge in [0, 0.05) is 49.4 Å². The maximum absolute atomic E-state index is 15.7. The van der Waals surface area contributed by atoms with Gasteiger partial charge in [0.2, 0.25) is 5.95 Å². The van der Waals surface area contributed by atoms with E-state index in [9.17, 15) is 4.79 Å². The Labute approximate surface area is 257 Å². The van der Waals surface area contributed by atoms with Gasteiger partial charge in [0.15, 0.2) is 0 Å². The van der Waals surface area contributed by atoms with Crippen LogP contribution in [-0.4, -0.2) is 58.2 Å². The van der Waals surface area contributed by atoms with E-state index >= 15 is 4.39 Å². The first-order valence-electron chi connectivity index (χ1n) is 15.9. The number of halogens is 1. The molecule has 2 N–H and O–H groups in total. The van der Waals surface area contributed by atoms with Crippen LogP contribution in [0, 0.1) is 24.1 Å². The number of hydrogen-bond donors (Lipinski definition) is 2. The van der Waals surface area contributed by atoms with E-state index in [2.05, 4.69) is 32.4 Å². The lowest BCUT2D eigenvalue weighted by Gasteiger charge is -2.45. The van der Waals surface area contributed by atoms with Gasteiger partial charge in [0.1, 0.15) is 11.6 Å². The van der Waals surface area contributed by atoms with Crippen LogP contribution < -0.4 is 20.3 Å². The maximum atomic E-state index is 15.7. The third kappa shape index (κ3) is 5.63. The minimum Gasteiger partial charge on any atom is -0.493 e. The largest absolute Gasteiger partial charge is 0.493 e. The fraction of sp³-hybridized carbons (Fsp3) is 0.471. The summed E-state index contributed by atoms with van der Waals surface area (Å²) >= 11 is 0. The highest BCUT2D eigenvalue weighted by Gasteiger charge is 2.36. The molecule has 0 unspecified atom stereocenters. The molecule has 1 aromatic carbocycles. The van der Waals surface area contributed by atoms with Crippen LogP contribution in [0.4, 0.5) is 16.0 Å². The van der Waals surface area contributed by atoms with Crippen molar-refractivity contribution >= 4 is 28.6 Å². The predicted octanol–water partition coefficient (Wildman–Crippen LogP) is 5.97. The monoisotopic (exact) mass is 597 g/mol. The van der Waals surface area contributed by atoms with Crippen LogP contribution in [0.1, 0.15) is 61.5 Å². The van der Waals surface area contributed by atoms with Crippen molar-refractivity contribution in [3.8, 4) is 17.0 Å². The topological polar surface area (TPSA) is 97.2 Å². The summed E-state index contributed by atoms with van der Waals surface area (Å²) in [6.45, 7) is 9.07. The molecule has 1 spiro atoms. The Morgan fingerprint density at radius 2 is 1.89 bits per heavy atom. The van der Waals surface area contributed by atoms with Gasteiger partial charge in [-0.1, -0.05) is 6.92 Å². The number of piperidine rings is 2. The molecule has 0 radical (unpaired) electrons. The lowest BCUT2D eigenvalue weighted by molar-refractivity contribution is 0.102. The lowest BCUT2D eigenvalue weighted by atomic mass is 9.71. The summed E-state index contributed by atoms with van der Waals surface area (Å²) in [6.07, 6.45) is 9.75. The van der Waals surface area contributed by atoms with Gasteiger partial charge in [0.05, 0.1) is 34.6 Å². The number of imidazole rings is 1. The zero-order valence-electron chi connectivity index (χ0n) is 25.5. The molecule has 2 bridgehead atoms. The van der Waals surface area contributed by atoms with Crippen LogP contribution in [0.5, 0.6) is 5.75 Å². The van der Waals surface area contributed by atoms with Gasteiger partial charge >= 0.3 is 0 Å². The minimum atomic E-state index is -0.300. The molecule has 3 aliphatic rings. The van der Waals surface area contributed by atoms with Gasteiger partial charge in [-0.25, -0.2) is 9.37 Å². The van der Waals surface area contributed by atoms with Crippen LogP contribution in [0.2, 0.25) is 0 Å². The summed E-state index contributed by atoms with van der Waals surface area (Å²) in [5.41, 5.74) is 4.89. The molecule has 1 amide bonds. The highest BCUT2D eigenvalue weighted by atomic mass is 19.1. The fourth-order valence-corrected chi connectivity index (χ4v) is 7.16. The second-order valence-corrected chi connectivity index (χ2v) is 12.9. The zero-order chi connectivity index (χ0) is 30.3. The number of rotatable bonds is 1. The predicted molar refractivity (Wildman–Crippen MR) is 170 cm³/mol. The van der Waals surface area contributed by atoms with E-state index in [1.165, 1.54) is 18.9 Å². The smallest absolute Gasteiger partial charge is 0.258 e. The number of amides is 1. The Morgan fingerprint density at radius 3 is 2.70 bits per heavy atom. The van der Waals surface area contributed by atoms with Crippen LogP contribution >= 0.6 is 0 Å². The third-order valence-corrected chi connectivity index (χ3v) is 9.74. The van der Waals surface area contributed by atoms with Crippen LogP contribution in [0.15, 0.2) is 42.7 Å². The first-order chi connectivity index (χ1) is 21.4. The van der Waals surface area contributed by atoms with E-state index in [-0.39, 0.29) is 17.6 Å². The molecular formula is C34H40FN7O2. The molecule has 2 saturated heterocycles. The van der Waals surface area contributed by atoms with Gasteiger partial charge in [-0.3, -0.25) is 20.1 Å². The number of hydrogen-bond acceptors (Lipinski definition) is 7. The number of fused-ring (bicyclic) bond motifs is 7. The minimum absolute atomic E-state index is 0.266. The number of benzene rings is 1. The maximum Gasteiger partial charge on any atom is 0.258 e. The Bertz CT molecular complexity index is 1690. The van der Waals surface area contributed by atoms with Gasteiger partial charge < -0.3 is 19.5 Å². The second-order valence-electron chi connectivity index (χ2n) is 12.9. The number of nitrogens with zero attached hydrogens (tertiary/aromatic N) is 5. The number of carbonyl (C=O) groups is 1.